The van der Waals surface area contributed by atoms with E-state index in [9.17, 15) is 14.7 Å². The first kappa shape index (κ1) is 18.7. The van der Waals surface area contributed by atoms with E-state index in [1.165, 1.54) is 6.07 Å². The summed E-state index contributed by atoms with van der Waals surface area (Å²) in [5, 5.41) is 10.7. The lowest BCUT2D eigenvalue weighted by molar-refractivity contribution is -0.0520. The van der Waals surface area contributed by atoms with Gasteiger partial charge in [-0.1, -0.05) is 0 Å². The Kier molecular flexibility index (Phi) is 5.09. The van der Waals surface area contributed by atoms with E-state index in [1.54, 1.807) is 13.8 Å². The van der Waals surface area contributed by atoms with E-state index in [0.717, 1.165) is 39.1 Å². The number of morpholine rings is 1. The fourth-order valence-electron chi connectivity index (χ4n) is 5.11. The molecular weight excluding hydrogens is 348 g/mol. The van der Waals surface area contributed by atoms with Crippen molar-refractivity contribution in [2.45, 2.75) is 38.8 Å². The Bertz CT molecular complexity index is 744. The van der Waals surface area contributed by atoms with Gasteiger partial charge in [0.1, 0.15) is 5.76 Å². The van der Waals surface area contributed by atoms with Crippen LogP contribution in [0.2, 0.25) is 0 Å². The van der Waals surface area contributed by atoms with Crippen molar-refractivity contribution in [1.82, 2.24) is 9.80 Å². The van der Waals surface area contributed by atoms with Crippen LogP contribution in [-0.2, 0) is 4.74 Å². The van der Waals surface area contributed by atoms with Gasteiger partial charge in [-0.25, -0.2) is 4.79 Å². The van der Waals surface area contributed by atoms with Gasteiger partial charge >= 0.3 is 5.63 Å². The predicted molar refractivity (Wildman–Crippen MR) is 98.8 cm³/mol. The van der Waals surface area contributed by atoms with E-state index in [4.69, 9.17) is 9.15 Å². The number of ether oxygens (including phenoxy) is 1. The van der Waals surface area contributed by atoms with Crippen LogP contribution in [0.4, 0.5) is 0 Å². The van der Waals surface area contributed by atoms with E-state index in [1.807, 2.05) is 4.90 Å². The molecule has 148 valence electrons. The van der Waals surface area contributed by atoms with E-state index in [-0.39, 0.29) is 18.1 Å². The summed E-state index contributed by atoms with van der Waals surface area (Å²) in [4.78, 5) is 28.8. The molecule has 3 aliphatic rings. The van der Waals surface area contributed by atoms with Gasteiger partial charge in [0, 0.05) is 38.3 Å². The van der Waals surface area contributed by atoms with Gasteiger partial charge in [0.05, 0.1) is 24.9 Å². The molecule has 0 bridgehead atoms. The number of hydrogen-bond acceptors (Lipinski definition) is 6. The normalized spacial score (nSPS) is 31.7. The van der Waals surface area contributed by atoms with Gasteiger partial charge in [-0.15, -0.1) is 0 Å². The van der Waals surface area contributed by atoms with Crippen LogP contribution in [0.25, 0.3) is 0 Å². The number of aliphatic hydroxyl groups is 1. The molecule has 4 rings (SSSR count). The highest BCUT2D eigenvalue weighted by atomic mass is 16.5. The quantitative estimate of drug-likeness (QED) is 0.822. The number of hydrogen-bond donors (Lipinski definition) is 1. The third-order valence-corrected chi connectivity index (χ3v) is 6.46. The minimum absolute atomic E-state index is 0.0689. The van der Waals surface area contributed by atoms with E-state index >= 15 is 0 Å². The standard InChI is InChI=1S/C20H28N2O5/c1-12-7-18(24)27-13(2)19(12)20(25)22-10-14-8-16(17(23)9-15(14)11-22)21-3-5-26-6-4-21/h7,14-17,23H,3-6,8-11H2,1-2H3/t14-,15+,16-,17-/m1/s1. The summed E-state index contributed by atoms with van der Waals surface area (Å²) >= 11 is 0. The summed E-state index contributed by atoms with van der Waals surface area (Å²) in [5.74, 6) is 1.05. The molecular formula is C20H28N2O5. The zero-order valence-corrected chi connectivity index (χ0v) is 16.0. The minimum atomic E-state index is -0.423. The molecule has 27 heavy (non-hydrogen) atoms. The van der Waals surface area contributed by atoms with Gasteiger partial charge in [-0.3, -0.25) is 9.69 Å². The van der Waals surface area contributed by atoms with E-state index < -0.39 is 5.63 Å². The largest absolute Gasteiger partial charge is 0.427 e. The highest BCUT2D eigenvalue weighted by Crippen LogP contribution is 2.39. The molecule has 1 aromatic heterocycles. The van der Waals surface area contributed by atoms with Crippen LogP contribution in [0.15, 0.2) is 15.3 Å². The minimum Gasteiger partial charge on any atom is -0.427 e. The predicted octanol–water partition coefficient (Wildman–Crippen LogP) is 0.800. The van der Waals surface area contributed by atoms with Crippen molar-refractivity contribution < 1.29 is 19.1 Å². The van der Waals surface area contributed by atoms with Crippen molar-refractivity contribution in [2.24, 2.45) is 11.8 Å². The van der Waals surface area contributed by atoms with Gasteiger partial charge in [-0.2, -0.15) is 0 Å². The Morgan fingerprint density at radius 2 is 1.81 bits per heavy atom. The molecule has 1 amide bonds. The zero-order chi connectivity index (χ0) is 19.1. The van der Waals surface area contributed by atoms with Crippen molar-refractivity contribution in [3.63, 3.8) is 0 Å². The Labute approximate surface area is 158 Å². The number of aliphatic hydroxyl groups excluding tert-OH is 1. The van der Waals surface area contributed by atoms with Crippen LogP contribution < -0.4 is 5.63 Å². The number of likely N-dealkylation sites (tertiary alicyclic amines) is 1. The Morgan fingerprint density at radius 3 is 2.48 bits per heavy atom. The lowest BCUT2D eigenvalue weighted by Gasteiger charge is -2.43. The van der Waals surface area contributed by atoms with E-state index in [0.29, 0.717) is 41.8 Å². The number of nitrogens with zero attached hydrogens (tertiary/aromatic N) is 2. The highest BCUT2D eigenvalue weighted by molar-refractivity contribution is 5.96. The zero-order valence-electron chi connectivity index (χ0n) is 16.0. The Hall–Kier alpha value is -1.70. The van der Waals surface area contributed by atoms with Gasteiger partial charge in [0.15, 0.2) is 0 Å². The van der Waals surface area contributed by atoms with Gasteiger partial charge < -0.3 is 19.2 Å². The monoisotopic (exact) mass is 376 g/mol. The first-order valence-corrected chi connectivity index (χ1v) is 9.84. The fourth-order valence-corrected chi connectivity index (χ4v) is 5.11. The number of amides is 1. The molecule has 1 aliphatic carbocycles. The van der Waals surface area contributed by atoms with Crippen LogP contribution in [0.3, 0.4) is 0 Å². The molecule has 2 saturated heterocycles. The van der Waals surface area contributed by atoms with Gasteiger partial charge in [0.25, 0.3) is 5.91 Å². The number of carbonyl (C=O) groups is 1. The summed E-state index contributed by atoms with van der Waals surface area (Å²) in [5.41, 5.74) is 0.737. The molecule has 1 saturated carbocycles. The van der Waals surface area contributed by atoms with Crippen molar-refractivity contribution in [1.29, 1.82) is 0 Å². The number of carbonyl (C=O) groups excluding carboxylic acids is 1. The Balaban J connectivity index is 1.48. The summed E-state index contributed by atoms with van der Waals surface area (Å²) in [7, 11) is 0. The summed E-state index contributed by atoms with van der Waals surface area (Å²) in [6.45, 7) is 7.98. The lowest BCUT2D eigenvalue weighted by Crippen LogP contribution is -2.53. The van der Waals surface area contributed by atoms with Crippen molar-refractivity contribution in [3.05, 3.63) is 33.4 Å². The Morgan fingerprint density at radius 1 is 1.15 bits per heavy atom. The van der Waals surface area contributed by atoms with Gasteiger partial charge in [0.2, 0.25) is 0 Å². The first-order chi connectivity index (χ1) is 12.9. The third-order valence-electron chi connectivity index (χ3n) is 6.46. The second-order valence-electron chi connectivity index (χ2n) is 8.16. The molecule has 0 spiro atoms. The number of rotatable bonds is 2. The van der Waals surface area contributed by atoms with Crippen LogP contribution in [0.5, 0.6) is 0 Å². The molecule has 1 aromatic rings. The summed E-state index contributed by atoms with van der Waals surface area (Å²) in [6, 6.07) is 1.53. The van der Waals surface area contributed by atoms with E-state index in [2.05, 4.69) is 4.90 Å². The highest BCUT2D eigenvalue weighted by Gasteiger charge is 2.45. The second-order valence-corrected chi connectivity index (χ2v) is 8.16. The smallest absolute Gasteiger partial charge is 0.336 e. The van der Waals surface area contributed by atoms with Crippen LogP contribution >= 0.6 is 0 Å². The molecule has 7 heteroatoms. The second kappa shape index (κ2) is 7.37. The molecule has 4 atom stereocenters. The maximum absolute atomic E-state index is 13.1. The molecule has 0 aromatic carbocycles. The van der Waals surface area contributed by atoms with Gasteiger partial charge in [-0.05, 0) is 44.1 Å². The average molecular weight is 376 g/mol. The molecule has 2 aliphatic heterocycles. The third kappa shape index (κ3) is 3.56. The molecule has 7 nitrogen and oxygen atoms in total. The number of aryl methyl sites for hydroxylation is 2. The summed E-state index contributed by atoms with van der Waals surface area (Å²) in [6.07, 6.45) is 1.30. The number of fused-ring (bicyclic) bond motifs is 1. The van der Waals surface area contributed by atoms with Crippen molar-refractivity contribution in [3.8, 4) is 0 Å². The topological polar surface area (TPSA) is 83.2 Å². The molecule has 1 N–H and O–H groups in total. The van der Waals surface area contributed by atoms with Crippen LogP contribution in [-0.4, -0.2) is 72.4 Å². The molecule has 0 radical (unpaired) electrons. The van der Waals surface area contributed by atoms with Crippen LogP contribution in [0.1, 0.15) is 34.5 Å². The first-order valence-electron chi connectivity index (χ1n) is 9.84. The average Bonchev–Trinajstić information content (AvgIpc) is 3.03. The van der Waals surface area contributed by atoms with Crippen molar-refractivity contribution in [2.75, 3.05) is 39.4 Å². The fraction of sp³-hybridized carbons (Fsp3) is 0.700. The van der Waals surface area contributed by atoms with Crippen LogP contribution in [0, 0.1) is 25.7 Å². The summed E-state index contributed by atoms with van der Waals surface area (Å²) < 4.78 is 10.6. The lowest BCUT2D eigenvalue weighted by atomic mass is 9.77. The SMILES string of the molecule is Cc1cc(=O)oc(C)c1C(=O)N1C[C@H]2C[C@@H](N3CCOCC3)[C@H](O)C[C@H]2C1. The molecule has 3 fully saturated rings. The maximum atomic E-state index is 13.1. The molecule has 3 heterocycles. The maximum Gasteiger partial charge on any atom is 0.336 e. The molecule has 0 unspecified atom stereocenters. The van der Waals surface area contributed by atoms with Crippen molar-refractivity contribution >= 4 is 5.91 Å².